The summed E-state index contributed by atoms with van der Waals surface area (Å²) in [4.78, 5) is 26.4. The van der Waals surface area contributed by atoms with Crippen molar-refractivity contribution in [3.8, 4) is 5.75 Å². The molecule has 130 valence electrons. The van der Waals surface area contributed by atoms with E-state index in [0.717, 1.165) is 10.6 Å². The molecule has 0 saturated carbocycles. The lowest BCUT2D eigenvalue weighted by Gasteiger charge is -2.21. The summed E-state index contributed by atoms with van der Waals surface area (Å²) in [7, 11) is 0. The fraction of sp³-hybridized carbons (Fsp3) is 0.158. The number of hydrogen-bond acceptors (Lipinski definition) is 3. The summed E-state index contributed by atoms with van der Waals surface area (Å²) in [5.74, 6) is 0.271. The highest BCUT2D eigenvalue weighted by Crippen LogP contribution is 2.23. The van der Waals surface area contributed by atoms with Gasteiger partial charge in [-0.15, -0.1) is 6.58 Å². The maximum atomic E-state index is 12.4. The molecule has 0 heterocycles. The molecule has 2 rings (SSSR count). The third-order valence-electron chi connectivity index (χ3n) is 3.48. The summed E-state index contributed by atoms with van der Waals surface area (Å²) in [5.41, 5.74) is 1.13. The molecule has 0 aromatic heterocycles. The van der Waals surface area contributed by atoms with Gasteiger partial charge in [0.05, 0.1) is 5.69 Å². The molecule has 1 N–H and O–H groups in total. The molecule has 0 saturated heterocycles. The Kier molecular flexibility index (Phi) is 6.17. The number of amides is 2. The summed E-state index contributed by atoms with van der Waals surface area (Å²) in [6.07, 6.45) is -0.152. The SMILES string of the molecule is C=CCN(C(=O)O)c1cccc(OC(=O)N(CC)c2ccccc2)c1. The van der Waals surface area contributed by atoms with Gasteiger partial charge in [0.1, 0.15) is 5.75 Å². The molecule has 0 fully saturated rings. The maximum Gasteiger partial charge on any atom is 0.419 e. The van der Waals surface area contributed by atoms with Crippen molar-refractivity contribution >= 4 is 23.6 Å². The zero-order valence-corrected chi connectivity index (χ0v) is 14.0. The third-order valence-corrected chi connectivity index (χ3v) is 3.48. The van der Waals surface area contributed by atoms with Crippen LogP contribution in [-0.2, 0) is 0 Å². The number of benzene rings is 2. The summed E-state index contributed by atoms with van der Waals surface area (Å²) >= 11 is 0. The van der Waals surface area contributed by atoms with Crippen molar-refractivity contribution < 1.29 is 19.4 Å². The lowest BCUT2D eigenvalue weighted by molar-refractivity contribution is 0.202. The highest BCUT2D eigenvalue weighted by molar-refractivity contribution is 5.90. The van der Waals surface area contributed by atoms with E-state index in [1.807, 2.05) is 37.3 Å². The summed E-state index contributed by atoms with van der Waals surface area (Å²) < 4.78 is 5.41. The van der Waals surface area contributed by atoms with Gasteiger partial charge in [-0.25, -0.2) is 9.59 Å². The van der Waals surface area contributed by atoms with E-state index in [1.165, 1.54) is 17.0 Å². The van der Waals surface area contributed by atoms with Crippen molar-refractivity contribution in [1.29, 1.82) is 0 Å². The second-order valence-corrected chi connectivity index (χ2v) is 5.13. The Morgan fingerprint density at radius 3 is 2.36 bits per heavy atom. The van der Waals surface area contributed by atoms with Crippen LogP contribution in [0.2, 0.25) is 0 Å². The van der Waals surface area contributed by atoms with E-state index in [4.69, 9.17) is 4.74 Å². The van der Waals surface area contributed by atoms with Gasteiger partial charge in [0, 0.05) is 24.8 Å². The van der Waals surface area contributed by atoms with Gasteiger partial charge in [0.25, 0.3) is 0 Å². The molecule has 0 aliphatic carbocycles. The Morgan fingerprint density at radius 1 is 1.08 bits per heavy atom. The largest absolute Gasteiger partial charge is 0.465 e. The van der Waals surface area contributed by atoms with Gasteiger partial charge in [0.2, 0.25) is 0 Å². The van der Waals surface area contributed by atoms with Crippen molar-refractivity contribution in [2.24, 2.45) is 0 Å². The standard InChI is InChI=1S/C19H20N2O4/c1-3-13-21(18(22)23)16-11-8-12-17(14-16)25-19(24)20(4-2)15-9-6-5-7-10-15/h3,5-12,14H,1,4,13H2,2H3,(H,22,23). The first kappa shape index (κ1) is 18.1. The molecule has 0 unspecified atom stereocenters. The average molecular weight is 340 g/mol. The number of rotatable bonds is 6. The summed E-state index contributed by atoms with van der Waals surface area (Å²) in [5, 5.41) is 9.27. The van der Waals surface area contributed by atoms with Crippen molar-refractivity contribution in [2.45, 2.75) is 6.92 Å². The number of nitrogens with zero attached hydrogens (tertiary/aromatic N) is 2. The fourth-order valence-corrected chi connectivity index (χ4v) is 2.32. The number of carbonyl (C=O) groups is 2. The van der Waals surface area contributed by atoms with Gasteiger partial charge in [-0.1, -0.05) is 30.3 Å². The number of anilines is 2. The van der Waals surface area contributed by atoms with Gasteiger partial charge >= 0.3 is 12.2 Å². The van der Waals surface area contributed by atoms with E-state index < -0.39 is 12.2 Å². The first-order chi connectivity index (χ1) is 12.1. The second-order valence-electron chi connectivity index (χ2n) is 5.13. The predicted octanol–water partition coefficient (Wildman–Crippen LogP) is 4.38. The van der Waals surface area contributed by atoms with Gasteiger partial charge in [-0.2, -0.15) is 0 Å². The molecule has 0 aliphatic heterocycles. The van der Waals surface area contributed by atoms with E-state index in [0.29, 0.717) is 12.2 Å². The van der Waals surface area contributed by atoms with Gasteiger partial charge < -0.3 is 9.84 Å². The van der Waals surface area contributed by atoms with E-state index in [2.05, 4.69) is 6.58 Å². The van der Waals surface area contributed by atoms with Crippen molar-refractivity contribution in [3.63, 3.8) is 0 Å². The molecule has 2 aromatic carbocycles. The second kappa shape index (κ2) is 8.54. The first-order valence-corrected chi connectivity index (χ1v) is 7.82. The molecule has 2 aromatic rings. The Bertz CT molecular complexity index is 746. The molecule has 2 amide bonds. The Labute approximate surface area is 146 Å². The van der Waals surface area contributed by atoms with Crippen LogP contribution in [0.1, 0.15) is 6.92 Å². The number of para-hydroxylation sites is 1. The molecule has 0 spiro atoms. The minimum Gasteiger partial charge on any atom is -0.465 e. The minimum atomic E-state index is -1.11. The lowest BCUT2D eigenvalue weighted by Crippen LogP contribution is -2.33. The molecule has 25 heavy (non-hydrogen) atoms. The van der Waals surface area contributed by atoms with E-state index in [-0.39, 0.29) is 12.3 Å². The van der Waals surface area contributed by atoms with Crippen molar-refractivity contribution in [1.82, 2.24) is 0 Å². The molecule has 0 atom stereocenters. The normalized spacial score (nSPS) is 9.96. The Balaban J connectivity index is 2.19. The number of carboxylic acid groups (broad SMARTS) is 1. The highest BCUT2D eigenvalue weighted by Gasteiger charge is 2.18. The average Bonchev–Trinajstić information content (AvgIpc) is 2.61. The van der Waals surface area contributed by atoms with Gasteiger partial charge in [-0.05, 0) is 31.2 Å². The minimum absolute atomic E-state index is 0.137. The van der Waals surface area contributed by atoms with Crippen LogP contribution >= 0.6 is 0 Å². The van der Waals surface area contributed by atoms with E-state index in [1.54, 1.807) is 18.2 Å². The van der Waals surface area contributed by atoms with Crippen LogP contribution in [0.4, 0.5) is 21.0 Å². The molecule has 0 aliphatic rings. The zero-order chi connectivity index (χ0) is 18.2. The molecular formula is C19H20N2O4. The lowest BCUT2D eigenvalue weighted by atomic mass is 10.2. The van der Waals surface area contributed by atoms with Crippen LogP contribution in [0.25, 0.3) is 0 Å². The van der Waals surface area contributed by atoms with E-state index >= 15 is 0 Å². The number of carbonyl (C=O) groups excluding carboxylic acids is 1. The highest BCUT2D eigenvalue weighted by atomic mass is 16.6. The van der Waals surface area contributed by atoms with Crippen molar-refractivity contribution in [3.05, 3.63) is 67.3 Å². The maximum absolute atomic E-state index is 12.4. The Morgan fingerprint density at radius 2 is 1.76 bits per heavy atom. The molecule has 6 heteroatoms. The van der Waals surface area contributed by atoms with Crippen LogP contribution < -0.4 is 14.5 Å². The number of ether oxygens (including phenoxy) is 1. The molecule has 0 bridgehead atoms. The van der Waals surface area contributed by atoms with Crippen LogP contribution in [0.15, 0.2) is 67.3 Å². The van der Waals surface area contributed by atoms with Crippen LogP contribution in [0, 0.1) is 0 Å². The van der Waals surface area contributed by atoms with E-state index in [9.17, 15) is 14.7 Å². The van der Waals surface area contributed by atoms with Gasteiger partial charge in [-0.3, -0.25) is 9.80 Å². The fourth-order valence-electron chi connectivity index (χ4n) is 2.32. The van der Waals surface area contributed by atoms with Crippen LogP contribution in [0.3, 0.4) is 0 Å². The van der Waals surface area contributed by atoms with Crippen LogP contribution in [-0.4, -0.2) is 30.4 Å². The third kappa shape index (κ3) is 4.60. The monoisotopic (exact) mass is 340 g/mol. The quantitative estimate of drug-likeness (QED) is 0.792. The molecule has 6 nitrogen and oxygen atoms in total. The summed E-state index contributed by atoms with van der Waals surface area (Å²) in [6, 6.07) is 15.6. The first-order valence-electron chi connectivity index (χ1n) is 7.82. The van der Waals surface area contributed by atoms with Crippen molar-refractivity contribution in [2.75, 3.05) is 22.9 Å². The Hall–Kier alpha value is -3.28. The zero-order valence-electron chi connectivity index (χ0n) is 14.0. The molecular weight excluding hydrogens is 320 g/mol. The predicted molar refractivity (Wildman–Crippen MR) is 97.5 cm³/mol. The van der Waals surface area contributed by atoms with Gasteiger partial charge in [0.15, 0.2) is 0 Å². The van der Waals surface area contributed by atoms with Crippen LogP contribution in [0.5, 0.6) is 5.75 Å². The smallest absolute Gasteiger partial charge is 0.419 e. The number of hydrogen-bond donors (Lipinski definition) is 1. The summed E-state index contributed by atoms with van der Waals surface area (Å²) in [6.45, 7) is 5.98. The molecule has 0 radical (unpaired) electrons. The topological polar surface area (TPSA) is 70.1 Å².